The summed E-state index contributed by atoms with van der Waals surface area (Å²) in [6.45, 7) is 0. The lowest BCUT2D eigenvalue weighted by atomic mass is 10.1. The maximum Gasteiger partial charge on any atom is 0.154 e. The molecule has 0 saturated carbocycles. The highest BCUT2D eigenvalue weighted by Crippen LogP contribution is 2.35. The van der Waals surface area contributed by atoms with E-state index >= 15 is 0 Å². The normalized spacial score (nSPS) is 11.1. The number of nitrogens with zero attached hydrogens (tertiary/aromatic N) is 4. The summed E-state index contributed by atoms with van der Waals surface area (Å²) < 4.78 is 12.0. The molecule has 0 aliphatic heterocycles. The second kappa shape index (κ2) is 6.44. The Morgan fingerprint density at radius 1 is 0.778 bits per heavy atom. The van der Waals surface area contributed by atoms with Gasteiger partial charge in [0, 0.05) is 28.0 Å². The van der Waals surface area contributed by atoms with Crippen LogP contribution >= 0.6 is 15.9 Å². The highest BCUT2D eigenvalue weighted by molar-refractivity contribution is 9.10. The van der Waals surface area contributed by atoms with Gasteiger partial charge in [0.2, 0.25) is 0 Å². The van der Waals surface area contributed by atoms with Crippen LogP contribution in [-0.4, -0.2) is 19.9 Å². The van der Waals surface area contributed by atoms with Crippen molar-refractivity contribution in [3.05, 3.63) is 72.1 Å². The van der Waals surface area contributed by atoms with Gasteiger partial charge in [0.25, 0.3) is 0 Å². The zero-order chi connectivity index (χ0) is 18.2. The van der Waals surface area contributed by atoms with Crippen molar-refractivity contribution < 1.29 is 8.83 Å². The molecule has 0 unspecified atom stereocenters. The van der Waals surface area contributed by atoms with Gasteiger partial charge in [-0.1, -0.05) is 15.9 Å². The summed E-state index contributed by atoms with van der Waals surface area (Å²) in [5, 5.41) is 0. The molecular weight excluding hydrogens is 408 g/mol. The fourth-order valence-corrected chi connectivity index (χ4v) is 3.47. The first kappa shape index (κ1) is 15.9. The Morgan fingerprint density at radius 3 is 1.93 bits per heavy atom. The van der Waals surface area contributed by atoms with E-state index < -0.39 is 0 Å². The second-order valence-electron chi connectivity index (χ2n) is 5.82. The molecule has 4 aromatic heterocycles. The van der Waals surface area contributed by atoms with Crippen LogP contribution in [0.5, 0.6) is 0 Å². The number of hydrogen-bond donors (Lipinski definition) is 0. The predicted molar refractivity (Wildman–Crippen MR) is 104 cm³/mol. The van der Waals surface area contributed by atoms with Crippen LogP contribution in [0.3, 0.4) is 0 Å². The minimum Gasteiger partial charge on any atom is -0.463 e. The van der Waals surface area contributed by atoms with E-state index in [-0.39, 0.29) is 0 Å². The molecule has 0 bridgehead atoms. The van der Waals surface area contributed by atoms with Gasteiger partial charge in [-0.15, -0.1) is 0 Å². The largest absolute Gasteiger partial charge is 0.463 e. The summed E-state index contributed by atoms with van der Waals surface area (Å²) in [4.78, 5) is 17.8. The fraction of sp³-hybridized carbons (Fsp3) is 0. The van der Waals surface area contributed by atoms with Gasteiger partial charge in [-0.25, -0.2) is 19.9 Å². The van der Waals surface area contributed by atoms with Crippen LogP contribution in [0.15, 0.2) is 81.0 Å². The van der Waals surface area contributed by atoms with E-state index in [2.05, 4.69) is 25.9 Å². The average Bonchev–Trinajstić information content (AvgIpc) is 3.41. The highest BCUT2D eigenvalue weighted by atomic mass is 79.9. The van der Waals surface area contributed by atoms with Crippen molar-refractivity contribution in [1.82, 2.24) is 19.9 Å². The number of halogens is 1. The van der Waals surface area contributed by atoms with Crippen LogP contribution in [0.1, 0.15) is 0 Å². The molecule has 0 fully saturated rings. The molecule has 6 nitrogen and oxygen atoms in total. The summed E-state index contributed by atoms with van der Waals surface area (Å²) in [6, 6.07) is 11.2. The van der Waals surface area contributed by atoms with Crippen molar-refractivity contribution in [2.75, 3.05) is 0 Å². The van der Waals surface area contributed by atoms with Crippen molar-refractivity contribution in [3.63, 3.8) is 0 Å². The number of aromatic nitrogens is 4. The van der Waals surface area contributed by atoms with Gasteiger partial charge in [0.1, 0.15) is 17.7 Å². The third-order valence-corrected chi connectivity index (χ3v) is 4.79. The van der Waals surface area contributed by atoms with Crippen molar-refractivity contribution in [3.8, 4) is 34.0 Å². The molecule has 0 radical (unpaired) electrons. The Labute approximate surface area is 162 Å². The quantitative estimate of drug-likeness (QED) is 0.391. The molecule has 0 saturated heterocycles. The van der Waals surface area contributed by atoms with Gasteiger partial charge in [0.15, 0.2) is 11.5 Å². The van der Waals surface area contributed by atoms with Crippen molar-refractivity contribution in [2.24, 2.45) is 0 Å². The van der Waals surface area contributed by atoms with Gasteiger partial charge < -0.3 is 8.83 Å². The minimum atomic E-state index is 0.625. The molecule has 27 heavy (non-hydrogen) atoms. The minimum absolute atomic E-state index is 0.625. The van der Waals surface area contributed by atoms with E-state index in [1.807, 2.05) is 36.4 Å². The lowest BCUT2D eigenvalue weighted by molar-refractivity contribution is 0.572. The molecule has 5 rings (SSSR count). The molecule has 0 aliphatic rings. The Balaban J connectivity index is 1.78. The third kappa shape index (κ3) is 2.82. The number of furan rings is 2. The summed E-state index contributed by atoms with van der Waals surface area (Å²) >= 11 is 3.62. The first-order chi connectivity index (χ1) is 13.3. The van der Waals surface area contributed by atoms with E-state index in [1.54, 1.807) is 24.9 Å². The zero-order valence-corrected chi connectivity index (χ0v) is 15.4. The van der Waals surface area contributed by atoms with Crippen molar-refractivity contribution >= 4 is 27.0 Å². The van der Waals surface area contributed by atoms with Gasteiger partial charge in [-0.05, 0) is 36.4 Å². The molecule has 1 aromatic carbocycles. The Hall–Kier alpha value is -3.32. The third-order valence-electron chi connectivity index (χ3n) is 4.13. The highest BCUT2D eigenvalue weighted by Gasteiger charge is 2.18. The number of hydrogen-bond acceptors (Lipinski definition) is 6. The maximum atomic E-state index is 5.57. The SMILES string of the molecule is Brc1cc2nc(-c3ccco3)c(-c3ccco3)nc2cc1-c1cncnc1. The maximum absolute atomic E-state index is 5.57. The smallest absolute Gasteiger partial charge is 0.154 e. The number of benzene rings is 1. The predicted octanol–water partition coefficient (Wildman–Crippen LogP) is 5.37. The molecule has 0 amide bonds. The van der Waals surface area contributed by atoms with E-state index in [1.165, 1.54) is 6.33 Å². The molecule has 0 atom stereocenters. The standard InChI is InChI=1S/C20H11BrN4O2/c21-14-8-16-15(7-13(14)12-9-22-11-23-10-12)24-19(17-3-1-5-26-17)20(25-16)18-4-2-6-27-18/h1-11H. The summed E-state index contributed by atoms with van der Waals surface area (Å²) in [6.07, 6.45) is 8.25. The van der Waals surface area contributed by atoms with Crippen LogP contribution in [0.2, 0.25) is 0 Å². The number of fused-ring (bicyclic) bond motifs is 1. The lowest BCUT2D eigenvalue weighted by Gasteiger charge is -2.09. The summed E-state index contributed by atoms with van der Waals surface area (Å²) in [5.74, 6) is 1.26. The van der Waals surface area contributed by atoms with Crippen molar-refractivity contribution in [2.45, 2.75) is 0 Å². The van der Waals surface area contributed by atoms with Gasteiger partial charge >= 0.3 is 0 Å². The Kier molecular flexibility index (Phi) is 3.79. The molecule has 0 spiro atoms. The number of rotatable bonds is 3. The Bertz CT molecular complexity index is 1220. The van der Waals surface area contributed by atoms with E-state index in [9.17, 15) is 0 Å². The van der Waals surface area contributed by atoms with Crippen LogP contribution in [0.25, 0.3) is 45.1 Å². The van der Waals surface area contributed by atoms with Crippen LogP contribution in [0, 0.1) is 0 Å². The monoisotopic (exact) mass is 418 g/mol. The molecule has 130 valence electrons. The van der Waals surface area contributed by atoms with Crippen LogP contribution in [-0.2, 0) is 0 Å². The second-order valence-corrected chi connectivity index (χ2v) is 6.68. The summed E-state index contributed by atoms with van der Waals surface area (Å²) in [5.41, 5.74) is 4.56. The first-order valence-electron chi connectivity index (χ1n) is 8.14. The van der Waals surface area contributed by atoms with E-state index in [0.717, 1.165) is 26.6 Å². The topological polar surface area (TPSA) is 77.8 Å². The molecule has 0 aliphatic carbocycles. The molecule has 0 N–H and O–H groups in total. The van der Waals surface area contributed by atoms with Gasteiger partial charge in [-0.3, -0.25) is 0 Å². The fourth-order valence-electron chi connectivity index (χ4n) is 2.91. The molecule has 7 heteroatoms. The zero-order valence-electron chi connectivity index (χ0n) is 13.8. The molecule has 4 heterocycles. The van der Waals surface area contributed by atoms with E-state index in [4.69, 9.17) is 18.8 Å². The average molecular weight is 419 g/mol. The van der Waals surface area contributed by atoms with Crippen molar-refractivity contribution in [1.29, 1.82) is 0 Å². The van der Waals surface area contributed by atoms with Crippen LogP contribution in [0.4, 0.5) is 0 Å². The first-order valence-corrected chi connectivity index (χ1v) is 8.93. The molecule has 5 aromatic rings. The van der Waals surface area contributed by atoms with Gasteiger partial charge in [0.05, 0.1) is 23.6 Å². The Morgan fingerprint density at radius 2 is 1.37 bits per heavy atom. The lowest BCUT2D eigenvalue weighted by Crippen LogP contribution is -1.95. The molecular formula is C20H11BrN4O2. The van der Waals surface area contributed by atoms with Gasteiger partial charge in [-0.2, -0.15) is 0 Å². The van der Waals surface area contributed by atoms with E-state index in [0.29, 0.717) is 22.9 Å². The summed E-state index contributed by atoms with van der Waals surface area (Å²) in [7, 11) is 0. The van der Waals surface area contributed by atoms with Crippen LogP contribution < -0.4 is 0 Å².